The standard InChI is InChI=1S/C36H67N6O6P/c1-6-8-9-10-11-12-13-14-15-16-17-18-19-20-22-45-23-21-24-48-49(44,41-32(5)36(43)46-26-30(3)7-2)29-47-31(4)25-42-28-40-33-34(37)38-27-39-35(33)42/h27-28,30-32H,6-26,29H2,1-5H3,(H,41,44)(H2,37,38,39)/t30?,31-,32+,49?/m1/s1. The third-order valence-corrected chi connectivity index (χ3v) is 10.6. The molecule has 0 saturated heterocycles. The van der Waals surface area contributed by atoms with Crippen LogP contribution in [0.3, 0.4) is 0 Å². The van der Waals surface area contributed by atoms with Crippen molar-refractivity contribution in [2.75, 3.05) is 38.5 Å². The number of ether oxygens (including phenoxy) is 3. The summed E-state index contributed by atoms with van der Waals surface area (Å²) in [6, 6.07) is -0.831. The van der Waals surface area contributed by atoms with Crippen LogP contribution in [-0.4, -0.2) is 70.4 Å². The van der Waals surface area contributed by atoms with Gasteiger partial charge in [-0.25, -0.2) is 20.0 Å². The second-order valence-electron chi connectivity index (χ2n) is 13.5. The number of rotatable bonds is 31. The Bertz CT molecular complexity index is 1200. The SMILES string of the molecule is CCCCCCCCCCCCCCCCOCCCOP(=O)(CO[C@H](C)Cn1cnc2c(N)ncnc21)N[C@@H](C)C(=O)OCC(C)CC. The van der Waals surface area contributed by atoms with Gasteiger partial charge in [-0.15, -0.1) is 0 Å². The molecule has 0 radical (unpaired) electrons. The van der Waals surface area contributed by atoms with Crippen molar-refractivity contribution in [3.05, 3.63) is 12.7 Å². The molecule has 0 bridgehead atoms. The van der Waals surface area contributed by atoms with Gasteiger partial charge in [0.2, 0.25) is 0 Å². The Kier molecular flexibility index (Phi) is 22.7. The fraction of sp³-hybridized carbons (Fsp3) is 0.833. The number of nitrogen functional groups attached to an aromatic ring is 1. The van der Waals surface area contributed by atoms with Crippen LogP contribution >= 0.6 is 7.52 Å². The maximum absolute atomic E-state index is 13.9. The lowest BCUT2D eigenvalue weighted by atomic mass is 10.0. The van der Waals surface area contributed by atoms with Crippen LogP contribution in [0, 0.1) is 5.92 Å². The summed E-state index contributed by atoms with van der Waals surface area (Å²) in [4.78, 5) is 25.2. The van der Waals surface area contributed by atoms with Gasteiger partial charge in [-0.05, 0) is 32.6 Å². The molecular weight excluding hydrogens is 643 g/mol. The summed E-state index contributed by atoms with van der Waals surface area (Å²) >= 11 is 0. The normalized spacial score (nSPS) is 14.9. The van der Waals surface area contributed by atoms with Crippen LogP contribution in [0.1, 0.15) is 137 Å². The molecule has 0 aromatic carbocycles. The number of hydrogen-bond acceptors (Lipinski definition) is 10. The number of fused-ring (bicyclic) bond motifs is 1. The van der Waals surface area contributed by atoms with Gasteiger partial charge >= 0.3 is 5.97 Å². The van der Waals surface area contributed by atoms with Crippen molar-refractivity contribution in [1.29, 1.82) is 0 Å². The molecule has 3 N–H and O–H groups in total. The lowest BCUT2D eigenvalue weighted by Crippen LogP contribution is -2.36. The molecule has 0 spiro atoms. The molecule has 0 fully saturated rings. The van der Waals surface area contributed by atoms with Gasteiger partial charge in [0.25, 0.3) is 7.52 Å². The highest BCUT2D eigenvalue weighted by atomic mass is 31.2. The molecule has 0 amide bonds. The maximum Gasteiger partial charge on any atom is 0.323 e. The quantitative estimate of drug-likeness (QED) is 0.0440. The summed E-state index contributed by atoms with van der Waals surface area (Å²) in [5.74, 6) is 0.0702. The molecule has 2 heterocycles. The fourth-order valence-corrected chi connectivity index (χ4v) is 7.18. The highest BCUT2D eigenvalue weighted by Crippen LogP contribution is 2.43. The molecule has 0 aliphatic carbocycles. The molecule has 13 heteroatoms. The highest BCUT2D eigenvalue weighted by molar-refractivity contribution is 7.56. The van der Waals surface area contributed by atoms with E-state index in [9.17, 15) is 9.36 Å². The molecule has 12 nitrogen and oxygen atoms in total. The highest BCUT2D eigenvalue weighted by Gasteiger charge is 2.30. The number of hydrogen-bond donors (Lipinski definition) is 2. The first-order chi connectivity index (χ1) is 23.7. The molecule has 0 aliphatic rings. The Morgan fingerprint density at radius 3 is 2.10 bits per heavy atom. The van der Waals surface area contributed by atoms with Crippen molar-refractivity contribution in [1.82, 2.24) is 24.6 Å². The van der Waals surface area contributed by atoms with Gasteiger partial charge in [0.05, 0.1) is 32.2 Å². The molecule has 2 unspecified atom stereocenters. The van der Waals surface area contributed by atoms with Gasteiger partial charge in [-0.3, -0.25) is 9.36 Å². The molecule has 2 aromatic heterocycles. The molecule has 2 rings (SSSR count). The lowest BCUT2D eigenvalue weighted by molar-refractivity contribution is -0.146. The Balaban J connectivity index is 1.68. The molecule has 2 aromatic rings. The number of aromatic nitrogens is 4. The summed E-state index contributed by atoms with van der Waals surface area (Å²) in [6.45, 7) is 11.9. The largest absolute Gasteiger partial charge is 0.464 e. The zero-order chi connectivity index (χ0) is 35.7. The van der Waals surface area contributed by atoms with E-state index < -0.39 is 19.5 Å². The van der Waals surface area contributed by atoms with Crippen LogP contribution in [0.5, 0.6) is 0 Å². The van der Waals surface area contributed by atoms with Crippen molar-refractivity contribution in [3.63, 3.8) is 0 Å². The first-order valence-corrected chi connectivity index (χ1v) is 20.8. The average Bonchev–Trinajstić information content (AvgIpc) is 3.50. The van der Waals surface area contributed by atoms with Gasteiger partial charge in [-0.2, -0.15) is 0 Å². The van der Waals surface area contributed by atoms with Gasteiger partial charge in [-0.1, -0.05) is 111 Å². The van der Waals surface area contributed by atoms with Gasteiger partial charge in [0.1, 0.15) is 24.2 Å². The first-order valence-electron chi connectivity index (χ1n) is 19.0. The number of nitrogens with two attached hydrogens (primary N) is 1. The van der Waals surface area contributed by atoms with E-state index in [0.29, 0.717) is 49.8 Å². The van der Waals surface area contributed by atoms with E-state index in [-0.39, 0.29) is 25.0 Å². The van der Waals surface area contributed by atoms with Crippen molar-refractivity contribution in [2.24, 2.45) is 5.92 Å². The predicted molar refractivity (Wildman–Crippen MR) is 197 cm³/mol. The van der Waals surface area contributed by atoms with E-state index in [1.807, 2.05) is 25.3 Å². The summed E-state index contributed by atoms with van der Waals surface area (Å²) in [6.07, 6.45) is 22.5. The molecule has 0 aliphatic heterocycles. The average molecular weight is 711 g/mol. The second-order valence-corrected chi connectivity index (χ2v) is 15.6. The molecule has 4 atom stereocenters. The minimum absolute atomic E-state index is 0.206. The van der Waals surface area contributed by atoms with E-state index in [1.54, 1.807) is 13.3 Å². The number of unbranched alkanes of at least 4 members (excludes halogenated alkanes) is 13. The minimum Gasteiger partial charge on any atom is -0.464 e. The smallest absolute Gasteiger partial charge is 0.323 e. The minimum atomic E-state index is -3.58. The molecular formula is C36H67N6O6P. The van der Waals surface area contributed by atoms with Crippen LogP contribution in [0.25, 0.3) is 11.2 Å². The van der Waals surface area contributed by atoms with Crippen molar-refractivity contribution < 1.29 is 28.1 Å². The van der Waals surface area contributed by atoms with E-state index in [4.69, 9.17) is 24.5 Å². The lowest BCUT2D eigenvalue weighted by Gasteiger charge is -2.25. The zero-order valence-corrected chi connectivity index (χ0v) is 32.1. The van der Waals surface area contributed by atoms with E-state index in [0.717, 1.165) is 12.8 Å². The van der Waals surface area contributed by atoms with Gasteiger partial charge < -0.3 is 29.0 Å². The number of nitrogens with zero attached hydrogens (tertiary/aromatic N) is 4. The summed E-state index contributed by atoms with van der Waals surface area (Å²) in [5.41, 5.74) is 7.01. The van der Waals surface area contributed by atoms with Crippen molar-refractivity contribution >= 4 is 30.5 Å². The monoisotopic (exact) mass is 710 g/mol. The summed E-state index contributed by atoms with van der Waals surface area (Å²) < 4.78 is 38.8. The van der Waals surface area contributed by atoms with E-state index >= 15 is 0 Å². The maximum atomic E-state index is 13.9. The van der Waals surface area contributed by atoms with Crippen molar-refractivity contribution in [3.8, 4) is 0 Å². The third-order valence-electron chi connectivity index (χ3n) is 8.74. The Morgan fingerprint density at radius 2 is 1.47 bits per heavy atom. The zero-order valence-electron chi connectivity index (χ0n) is 31.2. The van der Waals surface area contributed by atoms with Gasteiger partial charge in [0, 0.05) is 13.2 Å². The summed E-state index contributed by atoms with van der Waals surface area (Å²) in [7, 11) is -3.58. The van der Waals surface area contributed by atoms with Crippen LogP contribution in [0.2, 0.25) is 0 Å². The first kappa shape index (κ1) is 43.1. The Morgan fingerprint density at radius 1 is 0.857 bits per heavy atom. The van der Waals surface area contributed by atoms with E-state index in [2.05, 4.69) is 27.0 Å². The number of anilines is 1. The van der Waals surface area contributed by atoms with Gasteiger partial charge in [0.15, 0.2) is 11.5 Å². The number of nitrogens with one attached hydrogen (secondary N) is 1. The fourth-order valence-electron chi connectivity index (χ4n) is 5.39. The Labute approximate surface area is 295 Å². The van der Waals surface area contributed by atoms with Crippen LogP contribution in [0.4, 0.5) is 5.82 Å². The molecule has 0 saturated carbocycles. The topological polar surface area (TPSA) is 153 Å². The number of carbonyl (C=O) groups excluding carboxylic acids is 1. The van der Waals surface area contributed by atoms with Crippen LogP contribution in [0.15, 0.2) is 12.7 Å². The number of imidazole rings is 1. The third kappa shape index (κ3) is 18.6. The van der Waals surface area contributed by atoms with Crippen molar-refractivity contribution in [2.45, 2.75) is 156 Å². The second kappa shape index (κ2) is 25.8. The molecule has 49 heavy (non-hydrogen) atoms. The summed E-state index contributed by atoms with van der Waals surface area (Å²) in [5, 5.41) is 2.88. The van der Waals surface area contributed by atoms with Crippen LogP contribution in [-0.2, 0) is 34.6 Å². The Hall–Kier alpha value is -2.11. The predicted octanol–water partition coefficient (Wildman–Crippen LogP) is 8.44. The van der Waals surface area contributed by atoms with Crippen LogP contribution < -0.4 is 10.8 Å². The molecule has 282 valence electrons. The van der Waals surface area contributed by atoms with E-state index in [1.165, 1.54) is 89.8 Å². The number of esters is 1. The number of carbonyl (C=O) groups is 1.